The smallest absolute Gasteiger partial charge is 0.410 e. The molecule has 0 radical (unpaired) electrons. The van der Waals surface area contributed by atoms with Crippen LogP contribution in [0.4, 0.5) is 4.79 Å². The van der Waals surface area contributed by atoms with Gasteiger partial charge >= 0.3 is 24.0 Å². The van der Waals surface area contributed by atoms with E-state index in [0.29, 0.717) is 25.9 Å². The summed E-state index contributed by atoms with van der Waals surface area (Å²) in [5, 5.41) is 0. The van der Waals surface area contributed by atoms with Crippen LogP contribution in [0.1, 0.15) is 60.7 Å². The summed E-state index contributed by atoms with van der Waals surface area (Å²) in [6, 6.07) is 3.98. The van der Waals surface area contributed by atoms with Crippen molar-refractivity contribution in [2.75, 3.05) is 27.3 Å². The summed E-state index contributed by atoms with van der Waals surface area (Å²) < 4.78 is 20.1. The normalized spacial score (nSPS) is 14.5. The minimum atomic E-state index is -0.669. The molecule has 0 aliphatic carbocycles. The molecule has 31 heavy (non-hydrogen) atoms. The molecule has 0 saturated carbocycles. The highest BCUT2D eigenvalue weighted by Gasteiger charge is 2.28. The van der Waals surface area contributed by atoms with Crippen LogP contribution in [-0.2, 0) is 19.0 Å². The highest BCUT2D eigenvalue weighted by molar-refractivity contribution is 5.96. The molecule has 170 valence electrons. The fraction of sp³-hybridized carbons (Fsp3) is 0.545. The van der Waals surface area contributed by atoms with E-state index in [-0.39, 0.29) is 35.3 Å². The monoisotopic (exact) mass is 435 g/mol. The van der Waals surface area contributed by atoms with Gasteiger partial charge in [-0.15, -0.1) is 0 Å². The molecule has 0 bridgehead atoms. The first kappa shape index (κ1) is 24.2. The predicted octanol–water partition coefficient (Wildman–Crippen LogP) is 3.20. The van der Waals surface area contributed by atoms with Gasteiger partial charge in [-0.05, 0) is 57.7 Å². The minimum Gasteiger partial charge on any atom is -0.465 e. The second-order valence-electron chi connectivity index (χ2n) is 8.32. The number of hydrogen-bond acceptors (Lipinski definition) is 8. The number of rotatable bonds is 5. The van der Waals surface area contributed by atoms with E-state index >= 15 is 0 Å². The third-order valence-electron chi connectivity index (χ3n) is 4.70. The number of carbonyl (C=O) groups excluding carboxylic acids is 4. The van der Waals surface area contributed by atoms with Crippen LogP contribution in [0.3, 0.4) is 0 Å². The summed E-state index contributed by atoms with van der Waals surface area (Å²) in [6.07, 6.45) is 1.08. The molecule has 1 aliphatic rings. The summed E-state index contributed by atoms with van der Waals surface area (Å²) in [4.78, 5) is 49.9. The van der Waals surface area contributed by atoms with E-state index in [1.807, 2.05) is 20.8 Å². The van der Waals surface area contributed by atoms with E-state index in [4.69, 9.17) is 9.47 Å². The zero-order valence-corrected chi connectivity index (χ0v) is 18.6. The Balaban J connectivity index is 1.96. The maximum atomic E-state index is 12.4. The van der Waals surface area contributed by atoms with Crippen molar-refractivity contribution in [3.05, 3.63) is 29.3 Å². The average Bonchev–Trinajstić information content (AvgIpc) is 2.71. The van der Waals surface area contributed by atoms with E-state index in [1.54, 1.807) is 4.90 Å². The SMILES string of the molecule is COC(=O)c1cc(OC(=O)CC2CCN(C(=O)OC(C)(C)C)CC2)cc(C(=O)OC)c1. The summed E-state index contributed by atoms with van der Waals surface area (Å²) in [5.41, 5.74) is -0.419. The maximum Gasteiger partial charge on any atom is 0.410 e. The van der Waals surface area contributed by atoms with Crippen LogP contribution in [0.15, 0.2) is 18.2 Å². The molecule has 1 aliphatic heterocycles. The Morgan fingerprint density at radius 3 is 1.90 bits per heavy atom. The van der Waals surface area contributed by atoms with Crippen molar-refractivity contribution in [2.24, 2.45) is 5.92 Å². The lowest BCUT2D eigenvalue weighted by atomic mass is 9.94. The minimum absolute atomic E-state index is 0.0510. The van der Waals surface area contributed by atoms with Gasteiger partial charge in [-0.25, -0.2) is 14.4 Å². The van der Waals surface area contributed by atoms with Crippen molar-refractivity contribution >= 4 is 24.0 Å². The van der Waals surface area contributed by atoms with Gasteiger partial charge in [0.15, 0.2) is 0 Å². The van der Waals surface area contributed by atoms with Gasteiger partial charge in [0.25, 0.3) is 0 Å². The van der Waals surface area contributed by atoms with Gasteiger partial charge in [-0.3, -0.25) is 4.79 Å². The molecule has 1 aromatic carbocycles. The van der Waals surface area contributed by atoms with Gasteiger partial charge < -0.3 is 23.8 Å². The van der Waals surface area contributed by atoms with Crippen molar-refractivity contribution in [3.8, 4) is 5.75 Å². The topological polar surface area (TPSA) is 108 Å². The number of likely N-dealkylation sites (tertiary alicyclic amines) is 1. The summed E-state index contributed by atoms with van der Waals surface area (Å²) in [5.74, 6) is -1.72. The van der Waals surface area contributed by atoms with Crippen LogP contribution in [-0.4, -0.2) is 61.8 Å². The second-order valence-corrected chi connectivity index (χ2v) is 8.32. The van der Waals surface area contributed by atoms with E-state index in [2.05, 4.69) is 9.47 Å². The third-order valence-corrected chi connectivity index (χ3v) is 4.70. The van der Waals surface area contributed by atoms with Crippen molar-refractivity contribution in [3.63, 3.8) is 0 Å². The molecule has 0 aromatic heterocycles. The number of carbonyl (C=O) groups is 4. The predicted molar refractivity (Wildman–Crippen MR) is 110 cm³/mol. The number of amides is 1. The molecular weight excluding hydrogens is 406 g/mol. The van der Waals surface area contributed by atoms with Gasteiger partial charge in [0.2, 0.25) is 0 Å². The standard InChI is InChI=1S/C22H29NO8/c1-22(2,3)31-21(27)23-8-6-14(7-9-23)10-18(24)30-17-12-15(19(25)28-4)11-16(13-17)20(26)29-5/h11-14H,6-10H2,1-5H3. The fourth-order valence-electron chi connectivity index (χ4n) is 3.18. The van der Waals surface area contributed by atoms with Crippen molar-refractivity contribution < 1.29 is 38.1 Å². The summed E-state index contributed by atoms with van der Waals surface area (Å²) in [6.45, 7) is 6.44. The lowest BCUT2D eigenvalue weighted by Crippen LogP contribution is -2.42. The highest BCUT2D eigenvalue weighted by atomic mass is 16.6. The zero-order chi connectivity index (χ0) is 23.2. The van der Waals surface area contributed by atoms with Crippen LogP contribution in [0.5, 0.6) is 5.75 Å². The summed E-state index contributed by atoms with van der Waals surface area (Å²) in [7, 11) is 2.42. The molecule has 1 amide bonds. The number of nitrogens with zero attached hydrogens (tertiary/aromatic N) is 1. The van der Waals surface area contributed by atoms with Crippen LogP contribution in [0, 0.1) is 5.92 Å². The number of benzene rings is 1. The Labute approximate surface area is 181 Å². The van der Waals surface area contributed by atoms with Crippen molar-refractivity contribution in [1.82, 2.24) is 4.90 Å². The van der Waals surface area contributed by atoms with Gasteiger partial charge in [-0.1, -0.05) is 0 Å². The lowest BCUT2D eigenvalue weighted by molar-refractivity contribution is -0.135. The highest BCUT2D eigenvalue weighted by Crippen LogP contribution is 2.24. The molecule has 0 N–H and O–H groups in total. The Kier molecular flexibility index (Phi) is 8.01. The molecule has 1 aromatic rings. The largest absolute Gasteiger partial charge is 0.465 e. The van der Waals surface area contributed by atoms with E-state index in [9.17, 15) is 19.2 Å². The fourth-order valence-corrected chi connectivity index (χ4v) is 3.18. The number of esters is 3. The number of hydrogen-bond donors (Lipinski definition) is 0. The number of methoxy groups -OCH3 is 2. The average molecular weight is 435 g/mol. The van der Waals surface area contributed by atoms with Crippen molar-refractivity contribution in [2.45, 2.75) is 45.6 Å². The maximum absolute atomic E-state index is 12.4. The molecule has 0 unspecified atom stereocenters. The first-order valence-corrected chi connectivity index (χ1v) is 10.0. The number of ether oxygens (including phenoxy) is 4. The molecule has 9 heteroatoms. The van der Waals surface area contributed by atoms with Gasteiger partial charge in [0.1, 0.15) is 11.4 Å². The van der Waals surface area contributed by atoms with E-state index < -0.39 is 23.5 Å². The summed E-state index contributed by atoms with van der Waals surface area (Å²) >= 11 is 0. The van der Waals surface area contributed by atoms with E-state index in [0.717, 1.165) is 0 Å². The zero-order valence-electron chi connectivity index (χ0n) is 18.6. The van der Waals surface area contributed by atoms with Crippen molar-refractivity contribution in [1.29, 1.82) is 0 Å². The molecule has 1 saturated heterocycles. The second kappa shape index (κ2) is 10.3. The molecule has 1 fully saturated rings. The quantitative estimate of drug-likeness (QED) is 0.394. The molecule has 0 spiro atoms. The molecule has 0 atom stereocenters. The Morgan fingerprint density at radius 2 is 1.45 bits per heavy atom. The van der Waals surface area contributed by atoms with E-state index in [1.165, 1.54) is 32.4 Å². The van der Waals surface area contributed by atoms with Crippen LogP contribution in [0.25, 0.3) is 0 Å². The lowest BCUT2D eigenvalue weighted by Gasteiger charge is -2.33. The molecule has 1 heterocycles. The molecule has 2 rings (SSSR count). The van der Waals surface area contributed by atoms with Crippen LogP contribution < -0.4 is 4.74 Å². The Hall–Kier alpha value is -3.10. The van der Waals surface area contributed by atoms with Gasteiger partial charge in [0, 0.05) is 19.5 Å². The first-order chi connectivity index (χ1) is 14.5. The Morgan fingerprint density at radius 1 is 0.935 bits per heavy atom. The van der Waals surface area contributed by atoms with Crippen LogP contribution in [0.2, 0.25) is 0 Å². The van der Waals surface area contributed by atoms with Gasteiger partial charge in [-0.2, -0.15) is 0 Å². The molecular formula is C22H29NO8. The first-order valence-electron chi connectivity index (χ1n) is 10.0. The molecule has 9 nitrogen and oxygen atoms in total. The number of piperidine rings is 1. The van der Waals surface area contributed by atoms with Gasteiger partial charge in [0.05, 0.1) is 25.3 Å². The third kappa shape index (κ3) is 7.27. The van der Waals surface area contributed by atoms with Crippen LogP contribution >= 0.6 is 0 Å². The Bertz CT molecular complexity index is 800.